The Kier molecular flexibility index (Phi) is 7.35. The van der Waals surface area contributed by atoms with Gasteiger partial charge < -0.3 is 14.8 Å². The number of hydrogen-bond acceptors (Lipinski definition) is 3. The van der Waals surface area contributed by atoms with Crippen molar-refractivity contribution in [2.45, 2.75) is 32.4 Å². The third-order valence-corrected chi connectivity index (χ3v) is 6.08. The van der Waals surface area contributed by atoms with Crippen LogP contribution in [0.1, 0.15) is 29.5 Å². The SMILES string of the molecule is O=C(NCc1ccc(Cn2ccccc2=O)cc1)C1CCCN(C(=O)Cc2ccccc2)C1. The quantitative estimate of drug-likeness (QED) is 0.610. The first-order valence-corrected chi connectivity index (χ1v) is 11.4. The molecule has 0 radical (unpaired) electrons. The van der Waals surface area contributed by atoms with Gasteiger partial charge in [0.1, 0.15) is 0 Å². The van der Waals surface area contributed by atoms with E-state index in [9.17, 15) is 14.4 Å². The van der Waals surface area contributed by atoms with Gasteiger partial charge in [-0.3, -0.25) is 14.4 Å². The van der Waals surface area contributed by atoms with Crippen LogP contribution in [-0.4, -0.2) is 34.4 Å². The van der Waals surface area contributed by atoms with Crippen molar-refractivity contribution in [2.75, 3.05) is 13.1 Å². The molecule has 0 spiro atoms. The maximum Gasteiger partial charge on any atom is 0.250 e. The van der Waals surface area contributed by atoms with Gasteiger partial charge in [0.2, 0.25) is 11.8 Å². The van der Waals surface area contributed by atoms with Crippen molar-refractivity contribution in [3.63, 3.8) is 0 Å². The highest BCUT2D eigenvalue weighted by atomic mass is 16.2. The van der Waals surface area contributed by atoms with Gasteiger partial charge in [-0.05, 0) is 35.6 Å². The summed E-state index contributed by atoms with van der Waals surface area (Å²) in [6.45, 7) is 2.14. The molecule has 2 aromatic carbocycles. The van der Waals surface area contributed by atoms with E-state index >= 15 is 0 Å². The average Bonchev–Trinajstić information content (AvgIpc) is 2.85. The van der Waals surface area contributed by atoms with Crippen molar-refractivity contribution in [3.8, 4) is 0 Å². The molecule has 3 aromatic rings. The molecule has 1 aliphatic rings. The van der Waals surface area contributed by atoms with E-state index in [1.807, 2.05) is 65.6 Å². The number of aromatic nitrogens is 1. The van der Waals surface area contributed by atoms with Gasteiger partial charge in [-0.1, -0.05) is 60.7 Å². The summed E-state index contributed by atoms with van der Waals surface area (Å²) in [5, 5.41) is 3.02. The predicted octanol–water partition coefficient (Wildman–Crippen LogP) is 2.99. The summed E-state index contributed by atoms with van der Waals surface area (Å²) in [4.78, 5) is 39.1. The second-order valence-electron chi connectivity index (χ2n) is 8.54. The average molecular weight is 444 g/mol. The Morgan fingerprint density at radius 2 is 1.61 bits per heavy atom. The summed E-state index contributed by atoms with van der Waals surface area (Å²) in [6, 6.07) is 22.7. The van der Waals surface area contributed by atoms with E-state index in [1.54, 1.807) is 22.9 Å². The topological polar surface area (TPSA) is 71.4 Å². The Balaban J connectivity index is 1.27. The number of rotatable bonds is 7. The Morgan fingerprint density at radius 3 is 2.36 bits per heavy atom. The number of nitrogens with zero attached hydrogens (tertiary/aromatic N) is 2. The number of benzene rings is 2. The molecule has 0 aliphatic carbocycles. The van der Waals surface area contributed by atoms with Crippen LogP contribution in [0.25, 0.3) is 0 Å². The zero-order chi connectivity index (χ0) is 23.0. The molecule has 33 heavy (non-hydrogen) atoms. The molecule has 6 nitrogen and oxygen atoms in total. The summed E-state index contributed by atoms with van der Waals surface area (Å²) in [7, 11) is 0. The lowest BCUT2D eigenvalue weighted by Crippen LogP contribution is -2.45. The third-order valence-electron chi connectivity index (χ3n) is 6.08. The fourth-order valence-corrected chi connectivity index (χ4v) is 4.18. The van der Waals surface area contributed by atoms with Crippen LogP contribution in [0.15, 0.2) is 83.8 Å². The van der Waals surface area contributed by atoms with Crippen LogP contribution >= 0.6 is 0 Å². The van der Waals surface area contributed by atoms with Gasteiger partial charge in [0.15, 0.2) is 0 Å². The van der Waals surface area contributed by atoms with Crippen molar-refractivity contribution >= 4 is 11.8 Å². The first-order valence-electron chi connectivity index (χ1n) is 11.4. The van der Waals surface area contributed by atoms with Crippen LogP contribution in [0.4, 0.5) is 0 Å². The van der Waals surface area contributed by atoms with E-state index < -0.39 is 0 Å². The number of pyridine rings is 1. The zero-order valence-corrected chi connectivity index (χ0v) is 18.7. The minimum Gasteiger partial charge on any atom is -0.352 e. The molecule has 0 saturated carbocycles. The Labute approximate surface area is 193 Å². The minimum atomic E-state index is -0.178. The van der Waals surface area contributed by atoms with Crippen LogP contribution in [0, 0.1) is 5.92 Å². The number of carbonyl (C=O) groups is 2. The summed E-state index contributed by atoms with van der Waals surface area (Å²) in [5.41, 5.74) is 2.99. The highest BCUT2D eigenvalue weighted by molar-refractivity contribution is 5.82. The van der Waals surface area contributed by atoms with E-state index in [2.05, 4.69) is 5.32 Å². The van der Waals surface area contributed by atoms with E-state index in [-0.39, 0.29) is 23.3 Å². The number of hydrogen-bond donors (Lipinski definition) is 1. The van der Waals surface area contributed by atoms with Gasteiger partial charge >= 0.3 is 0 Å². The molecule has 6 heteroatoms. The smallest absolute Gasteiger partial charge is 0.250 e. The van der Waals surface area contributed by atoms with E-state index in [4.69, 9.17) is 0 Å². The normalized spacial score (nSPS) is 15.8. The van der Waals surface area contributed by atoms with Crippen molar-refractivity contribution in [1.82, 2.24) is 14.8 Å². The second kappa shape index (κ2) is 10.8. The van der Waals surface area contributed by atoms with Crippen LogP contribution in [-0.2, 0) is 29.1 Å². The number of carbonyl (C=O) groups excluding carboxylic acids is 2. The molecular weight excluding hydrogens is 414 g/mol. The van der Waals surface area contributed by atoms with Crippen molar-refractivity contribution < 1.29 is 9.59 Å². The number of likely N-dealkylation sites (tertiary alicyclic amines) is 1. The molecule has 2 heterocycles. The molecule has 1 aromatic heterocycles. The van der Waals surface area contributed by atoms with E-state index in [1.165, 1.54) is 0 Å². The Bertz CT molecular complexity index is 1140. The van der Waals surface area contributed by atoms with Crippen molar-refractivity contribution in [3.05, 3.63) is 106 Å². The molecule has 2 amide bonds. The minimum absolute atomic E-state index is 0.00729. The van der Waals surface area contributed by atoms with Gasteiger partial charge in [0.25, 0.3) is 5.56 Å². The number of piperidine rings is 1. The van der Waals surface area contributed by atoms with Gasteiger partial charge in [-0.15, -0.1) is 0 Å². The van der Waals surface area contributed by atoms with Crippen LogP contribution < -0.4 is 10.9 Å². The van der Waals surface area contributed by atoms with E-state index in [0.29, 0.717) is 32.6 Å². The summed E-state index contributed by atoms with van der Waals surface area (Å²) in [6.07, 6.45) is 3.78. The number of amides is 2. The molecule has 1 fully saturated rings. The highest BCUT2D eigenvalue weighted by Crippen LogP contribution is 2.18. The van der Waals surface area contributed by atoms with Crippen LogP contribution in [0.2, 0.25) is 0 Å². The third kappa shape index (κ3) is 6.19. The highest BCUT2D eigenvalue weighted by Gasteiger charge is 2.28. The fraction of sp³-hybridized carbons (Fsp3) is 0.296. The number of nitrogens with one attached hydrogen (secondary N) is 1. The lowest BCUT2D eigenvalue weighted by atomic mass is 9.96. The lowest BCUT2D eigenvalue weighted by molar-refractivity contribution is -0.135. The molecule has 1 unspecified atom stereocenters. The van der Waals surface area contributed by atoms with Crippen LogP contribution in [0.5, 0.6) is 0 Å². The van der Waals surface area contributed by atoms with Gasteiger partial charge in [0, 0.05) is 31.9 Å². The van der Waals surface area contributed by atoms with Gasteiger partial charge in [-0.25, -0.2) is 0 Å². The second-order valence-corrected chi connectivity index (χ2v) is 8.54. The molecule has 4 rings (SSSR count). The van der Waals surface area contributed by atoms with Crippen molar-refractivity contribution in [1.29, 1.82) is 0 Å². The monoisotopic (exact) mass is 443 g/mol. The maximum atomic E-state index is 12.8. The zero-order valence-electron chi connectivity index (χ0n) is 18.7. The lowest BCUT2D eigenvalue weighted by Gasteiger charge is -2.32. The van der Waals surface area contributed by atoms with E-state index in [0.717, 1.165) is 29.5 Å². The summed E-state index contributed by atoms with van der Waals surface area (Å²) in [5.74, 6) is -0.110. The van der Waals surface area contributed by atoms with Crippen LogP contribution in [0.3, 0.4) is 0 Å². The van der Waals surface area contributed by atoms with Crippen molar-refractivity contribution in [2.24, 2.45) is 5.92 Å². The Morgan fingerprint density at radius 1 is 0.879 bits per heavy atom. The van der Waals surface area contributed by atoms with Gasteiger partial charge in [-0.2, -0.15) is 0 Å². The van der Waals surface area contributed by atoms with Gasteiger partial charge in [0.05, 0.1) is 18.9 Å². The molecule has 1 N–H and O–H groups in total. The molecular formula is C27H29N3O3. The standard InChI is InChI=1S/C27H29N3O3/c31-25-10-4-5-15-29(25)19-23-13-11-22(12-14-23)18-28-27(33)24-9-6-16-30(20-24)26(32)17-21-7-2-1-3-8-21/h1-5,7-8,10-15,24H,6,9,16-20H2,(H,28,33). The molecule has 170 valence electrons. The first-order chi connectivity index (χ1) is 16.1. The molecule has 1 aliphatic heterocycles. The summed E-state index contributed by atoms with van der Waals surface area (Å²) >= 11 is 0. The largest absolute Gasteiger partial charge is 0.352 e. The first kappa shape index (κ1) is 22.5. The molecule has 1 saturated heterocycles. The Hall–Kier alpha value is -3.67. The fourth-order valence-electron chi connectivity index (χ4n) is 4.18. The summed E-state index contributed by atoms with van der Waals surface area (Å²) < 4.78 is 1.66. The maximum absolute atomic E-state index is 12.8. The molecule has 1 atom stereocenters. The molecule has 0 bridgehead atoms. The predicted molar refractivity (Wildman–Crippen MR) is 128 cm³/mol.